The maximum absolute atomic E-state index is 12.6. The Balaban J connectivity index is 2.39. The summed E-state index contributed by atoms with van der Waals surface area (Å²) in [5, 5.41) is 3.05. The van der Waals surface area contributed by atoms with Crippen molar-refractivity contribution in [3.05, 3.63) is 22.7 Å². The molecule has 2 rings (SSSR count). The predicted octanol–water partition coefficient (Wildman–Crippen LogP) is 3.28. The van der Waals surface area contributed by atoms with Gasteiger partial charge >= 0.3 is 6.18 Å². The zero-order valence-corrected chi connectivity index (χ0v) is 12.2. The number of fused-ring (bicyclic) bond motifs is 1. The third-order valence-corrected chi connectivity index (χ3v) is 3.88. The van der Waals surface area contributed by atoms with E-state index in [1.54, 1.807) is 0 Å². The number of hydrogen-bond donors (Lipinski definition) is 2. The van der Waals surface area contributed by atoms with E-state index in [4.69, 9.17) is 5.73 Å². The summed E-state index contributed by atoms with van der Waals surface area (Å²) < 4.78 is 37.9. The third-order valence-electron chi connectivity index (χ3n) is 2.76. The molecule has 4 nitrogen and oxygen atoms in total. The molecule has 0 saturated heterocycles. The summed E-state index contributed by atoms with van der Waals surface area (Å²) in [4.78, 5) is 15.8. The van der Waals surface area contributed by atoms with Crippen molar-refractivity contribution in [1.82, 2.24) is 10.3 Å². The molecule has 0 aliphatic rings. The van der Waals surface area contributed by atoms with E-state index < -0.39 is 17.8 Å². The van der Waals surface area contributed by atoms with Gasteiger partial charge in [0.25, 0.3) is 5.91 Å². The van der Waals surface area contributed by atoms with Crippen molar-refractivity contribution in [2.24, 2.45) is 5.92 Å². The van der Waals surface area contributed by atoms with Gasteiger partial charge in [0.1, 0.15) is 15.4 Å². The second-order valence-corrected chi connectivity index (χ2v) is 5.99. The summed E-state index contributed by atoms with van der Waals surface area (Å²) in [6, 6.07) is 2.11. The van der Waals surface area contributed by atoms with Crippen LogP contribution in [0.5, 0.6) is 0 Å². The minimum atomic E-state index is -4.52. The third kappa shape index (κ3) is 3.26. The summed E-state index contributed by atoms with van der Waals surface area (Å²) in [5.41, 5.74) is 5.00. The number of carbonyl (C=O) groups is 1. The number of aromatic nitrogens is 1. The minimum Gasteiger partial charge on any atom is -0.397 e. The average Bonchev–Trinajstić information content (AvgIpc) is 2.72. The average molecular weight is 317 g/mol. The molecule has 0 aliphatic heterocycles. The molecule has 0 saturated carbocycles. The monoisotopic (exact) mass is 317 g/mol. The molecule has 8 heteroatoms. The largest absolute Gasteiger partial charge is 0.433 e. The predicted molar refractivity (Wildman–Crippen MR) is 76.2 cm³/mol. The van der Waals surface area contributed by atoms with E-state index in [9.17, 15) is 18.0 Å². The van der Waals surface area contributed by atoms with Crippen molar-refractivity contribution in [3.63, 3.8) is 0 Å². The first-order valence-electron chi connectivity index (χ1n) is 6.24. The molecule has 0 unspecified atom stereocenters. The van der Waals surface area contributed by atoms with Gasteiger partial charge in [0.15, 0.2) is 0 Å². The van der Waals surface area contributed by atoms with Crippen molar-refractivity contribution in [3.8, 4) is 0 Å². The lowest BCUT2D eigenvalue weighted by Gasteiger charge is -2.06. The number of amides is 1. The topological polar surface area (TPSA) is 68.0 Å². The fourth-order valence-corrected chi connectivity index (χ4v) is 2.71. The first-order valence-corrected chi connectivity index (χ1v) is 7.06. The summed E-state index contributed by atoms with van der Waals surface area (Å²) in [6.45, 7) is 4.34. The number of thiophene rings is 1. The van der Waals surface area contributed by atoms with Crippen LogP contribution in [0.4, 0.5) is 18.9 Å². The number of carbonyl (C=O) groups excluding carboxylic acids is 1. The number of pyridine rings is 1. The molecule has 0 radical (unpaired) electrons. The first kappa shape index (κ1) is 15.6. The number of halogens is 3. The number of nitrogens with zero attached hydrogens (tertiary/aromatic N) is 1. The van der Waals surface area contributed by atoms with E-state index in [-0.39, 0.29) is 21.3 Å². The molecule has 0 spiro atoms. The van der Waals surface area contributed by atoms with Gasteiger partial charge in [-0.05, 0) is 18.1 Å². The number of nitrogens with two attached hydrogens (primary N) is 1. The fourth-order valence-electron chi connectivity index (χ4n) is 1.70. The molecule has 0 bridgehead atoms. The van der Waals surface area contributed by atoms with Crippen LogP contribution in [0.1, 0.15) is 29.2 Å². The Morgan fingerprint density at radius 2 is 2.10 bits per heavy atom. The van der Waals surface area contributed by atoms with Crippen molar-refractivity contribution in [2.45, 2.75) is 20.0 Å². The van der Waals surface area contributed by atoms with Crippen LogP contribution in [-0.4, -0.2) is 17.4 Å². The molecule has 0 fully saturated rings. The lowest BCUT2D eigenvalue weighted by atomic mass is 10.2. The van der Waals surface area contributed by atoms with Crippen LogP contribution in [0.15, 0.2) is 12.1 Å². The van der Waals surface area contributed by atoms with Crippen molar-refractivity contribution < 1.29 is 18.0 Å². The van der Waals surface area contributed by atoms with Crippen molar-refractivity contribution in [2.75, 3.05) is 12.3 Å². The quantitative estimate of drug-likeness (QED) is 0.913. The standard InChI is InChI=1S/C13H14F3N3OS/c1-6(2)5-18-11(20)10-9(17)7-3-4-8(13(14,15)16)19-12(7)21-10/h3-4,6H,5,17H2,1-2H3,(H,18,20). The Morgan fingerprint density at radius 3 is 2.67 bits per heavy atom. The Labute approximate surface area is 123 Å². The van der Waals surface area contributed by atoms with Gasteiger partial charge in [-0.3, -0.25) is 4.79 Å². The molecule has 2 aromatic heterocycles. The van der Waals surface area contributed by atoms with E-state index in [0.29, 0.717) is 11.9 Å². The van der Waals surface area contributed by atoms with E-state index in [0.717, 1.165) is 17.4 Å². The lowest BCUT2D eigenvalue weighted by Crippen LogP contribution is -2.27. The number of nitrogen functional groups attached to an aromatic ring is 1. The second kappa shape index (κ2) is 5.51. The summed E-state index contributed by atoms with van der Waals surface area (Å²) in [5.74, 6) is -0.128. The highest BCUT2D eigenvalue weighted by Crippen LogP contribution is 2.35. The second-order valence-electron chi connectivity index (χ2n) is 5.00. The van der Waals surface area contributed by atoms with Crippen LogP contribution in [0.3, 0.4) is 0 Å². The zero-order chi connectivity index (χ0) is 15.8. The Hall–Kier alpha value is -1.83. The van der Waals surface area contributed by atoms with Crippen LogP contribution in [0, 0.1) is 5.92 Å². The SMILES string of the molecule is CC(C)CNC(=O)c1sc2nc(C(F)(F)F)ccc2c1N. The van der Waals surface area contributed by atoms with Crippen molar-refractivity contribution >= 4 is 33.1 Å². The zero-order valence-electron chi connectivity index (χ0n) is 11.4. The summed E-state index contributed by atoms with van der Waals surface area (Å²) in [6.07, 6.45) is -4.52. The highest BCUT2D eigenvalue weighted by Gasteiger charge is 2.33. The van der Waals surface area contributed by atoms with Gasteiger partial charge in [0.05, 0.1) is 5.69 Å². The van der Waals surface area contributed by atoms with E-state index >= 15 is 0 Å². The molecule has 3 N–H and O–H groups in total. The maximum Gasteiger partial charge on any atom is 0.433 e. The number of alkyl halides is 3. The number of rotatable bonds is 3. The Kier molecular flexibility index (Phi) is 4.08. The van der Waals surface area contributed by atoms with Gasteiger partial charge < -0.3 is 11.1 Å². The van der Waals surface area contributed by atoms with Crippen molar-refractivity contribution in [1.29, 1.82) is 0 Å². The number of hydrogen-bond acceptors (Lipinski definition) is 4. The summed E-state index contributed by atoms with van der Waals surface area (Å²) in [7, 11) is 0. The molecular weight excluding hydrogens is 303 g/mol. The highest BCUT2D eigenvalue weighted by molar-refractivity contribution is 7.21. The molecule has 0 aromatic carbocycles. The molecule has 21 heavy (non-hydrogen) atoms. The smallest absolute Gasteiger partial charge is 0.397 e. The highest BCUT2D eigenvalue weighted by atomic mass is 32.1. The molecule has 2 heterocycles. The number of anilines is 1. The summed E-state index contributed by atoms with van der Waals surface area (Å²) >= 11 is 0.866. The fraction of sp³-hybridized carbons (Fsp3) is 0.385. The van der Waals surface area contributed by atoms with Gasteiger partial charge in [0.2, 0.25) is 0 Å². The molecule has 1 amide bonds. The lowest BCUT2D eigenvalue weighted by molar-refractivity contribution is -0.140. The van der Waals surface area contributed by atoms with Gasteiger partial charge in [-0.1, -0.05) is 13.8 Å². The number of nitrogens with one attached hydrogen (secondary N) is 1. The Bertz CT molecular complexity index is 679. The Morgan fingerprint density at radius 1 is 1.43 bits per heavy atom. The van der Waals surface area contributed by atoms with Crippen LogP contribution in [0.2, 0.25) is 0 Å². The van der Waals surface area contributed by atoms with Crippen LogP contribution in [-0.2, 0) is 6.18 Å². The van der Waals surface area contributed by atoms with E-state index in [2.05, 4.69) is 10.3 Å². The maximum atomic E-state index is 12.6. The minimum absolute atomic E-state index is 0.108. The first-order chi connectivity index (χ1) is 9.70. The van der Waals surface area contributed by atoms with Gasteiger partial charge in [-0.2, -0.15) is 13.2 Å². The molecule has 0 atom stereocenters. The van der Waals surface area contributed by atoms with Crippen LogP contribution in [0.25, 0.3) is 10.2 Å². The van der Waals surface area contributed by atoms with Gasteiger partial charge in [0, 0.05) is 11.9 Å². The van der Waals surface area contributed by atoms with E-state index in [1.807, 2.05) is 13.8 Å². The van der Waals surface area contributed by atoms with Gasteiger partial charge in [-0.15, -0.1) is 11.3 Å². The van der Waals surface area contributed by atoms with Crippen LogP contribution >= 0.6 is 11.3 Å². The van der Waals surface area contributed by atoms with Gasteiger partial charge in [-0.25, -0.2) is 4.98 Å². The molecule has 0 aliphatic carbocycles. The molecule has 114 valence electrons. The molecular formula is C13H14F3N3OS. The molecule has 2 aromatic rings. The van der Waals surface area contributed by atoms with Crippen LogP contribution < -0.4 is 11.1 Å². The normalized spacial score (nSPS) is 12.1. The van der Waals surface area contributed by atoms with E-state index in [1.165, 1.54) is 6.07 Å².